The number of alkyl halides is 3. The maximum atomic E-state index is 12.8. The number of hydrogen-bond acceptors (Lipinski definition) is 5. The number of benzene rings is 1. The number of phenolic OH excluding ortho intramolecular Hbond substituents is 1. The number of likely N-dealkylation sites (tertiary alicyclic amines) is 1. The minimum Gasteiger partial charge on any atom is -0.507 e. The number of halogens is 3. The van der Waals surface area contributed by atoms with Gasteiger partial charge in [-0.05, 0) is 42.9 Å². The highest BCUT2D eigenvalue weighted by atomic mass is 19.4. The fourth-order valence-corrected chi connectivity index (χ4v) is 4.31. The molecule has 7 nitrogen and oxygen atoms in total. The van der Waals surface area contributed by atoms with Crippen LogP contribution in [0, 0.1) is 11.8 Å². The Balaban J connectivity index is 1.49. The first kappa shape index (κ1) is 18.7. The summed E-state index contributed by atoms with van der Waals surface area (Å²) in [6.07, 6.45) is -1.13. The van der Waals surface area contributed by atoms with E-state index in [-0.39, 0.29) is 23.4 Å². The lowest BCUT2D eigenvalue weighted by molar-refractivity contribution is -0.137. The van der Waals surface area contributed by atoms with Gasteiger partial charge in [0.1, 0.15) is 18.4 Å². The number of aliphatic hydroxyl groups is 1. The van der Waals surface area contributed by atoms with Gasteiger partial charge in [0.05, 0.1) is 23.3 Å². The Morgan fingerprint density at radius 1 is 1.18 bits per heavy atom. The molecule has 1 aromatic carbocycles. The van der Waals surface area contributed by atoms with E-state index in [2.05, 4.69) is 10.1 Å². The zero-order valence-electron chi connectivity index (χ0n) is 14.8. The molecule has 10 heteroatoms. The molecule has 1 saturated heterocycles. The van der Waals surface area contributed by atoms with Crippen LogP contribution >= 0.6 is 0 Å². The van der Waals surface area contributed by atoms with E-state index in [1.54, 1.807) is 11.0 Å². The smallest absolute Gasteiger partial charge is 0.416 e. The molecule has 2 fully saturated rings. The van der Waals surface area contributed by atoms with Gasteiger partial charge in [-0.2, -0.15) is 18.3 Å². The van der Waals surface area contributed by atoms with Crippen LogP contribution in [0.25, 0.3) is 0 Å². The standard InChI is InChI=1S/C18H19F3N4O3/c19-18(20,21)12-1-2-13(15(26)5-12)17(28)24-6-10-3-14(25-9-22-8-23-25)16(27)4-11(10)7-24/h1-2,5,8-11,14,16,26-27H,3-4,6-7H2/t10-,11+,14-,16-/m1/s1. The van der Waals surface area contributed by atoms with Gasteiger partial charge in [0.2, 0.25) is 0 Å². The van der Waals surface area contributed by atoms with Crippen molar-refractivity contribution in [3.05, 3.63) is 42.0 Å². The summed E-state index contributed by atoms with van der Waals surface area (Å²) in [6.45, 7) is 0.812. The summed E-state index contributed by atoms with van der Waals surface area (Å²) in [6, 6.07) is 2.15. The number of hydrogen-bond donors (Lipinski definition) is 2. The highest BCUT2D eigenvalue weighted by Gasteiger charge is 2.44. The molecule has 1 amide bonds. The van der Waals surface area contributed by atoms with Crippen LogP contribution in [0.4, 0.5) is 13.2 Å². The van der Waals surface area contributed by atoms with Gasteiger partial charge < -0.3 is 15.1 Å². The van der Waals surface area contributed by atoms with Crippen LogP contribution in [0.5, 0.6) is 5.75 Å². The third-order valence-electron chi connectivity index (χ3n) is 5.73. The first-order valence-electron chi connectivity index (χ1n) is 8.95. The molecule has 1 aliphatic heterocycles. The molecule has 0 radical (unpaired) electrons. The summed E-state index contributed by atoms with van der Waals surface area (Å²) in [5, 5.41) is 24.5. The van der Waals surface area contributed by atoms with E-state index in [1.165, 1.54) is 11.2 Å². The van der Waals surface area contributed by atoms with Crippen LogP contribution in [0.2, 0.25) is 0 Å². The minimum absolute atomic E-state index is 0.0929. The van der Waals surface area contributed by atoms with Crippen molar-refractivity contribution in [2.45, 2.75) is 31.2 Å². The van der Waals surface area contributed by atoms with Crippen LogP contribution in [0.1, 0.15) is 34.8 Å². The summed E-state index contributed by atoms with van der Waals surface area (Å²) < 4.78 is 39.9. The number of carbonyl (C=O) groups excluding carboxylic acids is 1. The molecule has 0 bridgehead atoms. The zero-order valence-corrected chi connectivity index (χ0v) is 14.8. The monoisotopic (exact) mass is 396 g/mol. The molecule has 2 heterocycles. The largest absolute Gasteiger partial charge is 0.507 e. The average molecular weight is 396 g/mol. The average Bonchev–Trinajstić information content (AvgIpc) is 3.28. The Kier molecular flexibility index (Phi) is 4.53. The lowest BCUT2D eigenvalue weighted by Crippen LogP contribution is -2.36. The van der Waals surface area contributed by atoms with Crippen LogP contribution in [-0.4, -0.2) is 55.0 Å². The molecule has 0 spiro atoms. The number of aliphatic hydroxyl groups excluding tert-OH is 1. The normalized spacial score (nSPS) is 27.6. The van der Waals surface area contributed by atoms with Crippen molar-refractivity contribution in [1.29, 1.82) is 0 Å². The summed E-state index contributed by atoms with van der Waals surface area (Å²) in [5.74, 6) is -0.962. The number of carbonyl (C=O) groups is 1. The predicted molar refractivity (Wildman–Crippen MR) is 90.3 cm³/mol. The second-order valence-corrected chi connectivity index (χ2v) is 7.44. The first-order chi connectivity index (χ1) is 13.2. The second kappa shape index (κ2) is 6.77. The van der Waals surface area contributed by atoms with Gasteiger partial charge in [-0.25, -0.2) is 9.67 Å². The van der Waals surface area contributed by atoms with Crippen molar-refractivity contribution in [2.24, 2.45) is 11.8 Å². The van der Waals surface area contributed by atoms with Gasteiger partial charge in [0.25, 0.3) is 5.91 Å². The Morgan fingerprint density at radius 2 is 1.89 bits per heavy atom. The van der Waals surface area contributed by atoms with Crippen molar-refractivity contribution < 1.29 is 28.2 Å². The van der Waals surface area contributed by atoms with Gasteiger partial charge in [-0.3, -0.25) is 4.79 Å². The Labute approximate surface area is 158 Å². The molecule has 150 valence electrons. The van der Waals surface area contributed by atoms with E-state index in [0.717, 1.165) is 12.1 Å². The summed E-state index contributed by atoms with van der Waals surface area (Å²) in [5.41, 5.74) is -1.16. The molecule has 4 rings (SSSR count). The van der Waals surface area contributed by atoms with E-state index >= 15 is 0 Å². The number of phenols is 1. The van der Waals surface area contributed by atoms with Gasteiger partial charge in [-0.15, -0.1) is 0 Å². The predicted octanol–water partition coefficient (Wildman–Crippen LogP) is 2.09. The molecule has 2 aromatic rings. The van der Waals surface area contributed by atoms with E-state index in [0.29, 0.717) is 32.0 Å². The fraction of sp³-hybridized carbons (Fsp3) is 0.500. The molecule has 2 aliphatic rings. The van der Waals surface area contributed by atoms with E-state index < -0.39 is 29.5 Å². The molecular formula is C18H19F3N4O3. The molecule has 28 heavy (non-hydrogen) atoms. The van der Waals surface area contributed by atoms with E-state index in [4.69, 9.17) is 0 Å². The van der Waals surface area contributed by atoms with Crippen LogP contribution in [0.3, 0.4) is 0 Å². The van der Waals surface area contributed by atoms with Gasteiger partial charge >= 0.3 is 6.18 Å². The zero-order chi connectivity index (χ0) is 20.1. The van der Waals surface area contributed by atoms with E-state index in [9.17, 15) is 28.2 Å². The highest BCUT2D eigenvalue weighted by Crippen LogP contribution is 2.42. The quantitative estimate of drug-likeness (QED) is 0.811. The van der Waals surface area contributed by atoms with Crippen LogP contribution in [-0.2, 0) is 6.18 Å². The first-order valence-corrected chi connectivity index (χ1v) is 8.95. The Bertz CT molecular complexity index is 871. The minimum atomic E-state index is -4.59. The Hall–Kier alpha value is -2.62. The van der Waals surface area contributed by atoms with Crippen molar-refractivity contribution in [3.8, 4) is 5.75 Å². The van der Waals surface area contributed by atoms with Crippen LogP contribution in [0.15, 0.2) is 30.9 Å². The van der Waals surface area contributed by atoms with Crippen molar-refractivity contribution in [2.75, 3.05) is 13.1 Å². The molecule has 1 saturated carbocycles. The lowest BCUT2D eigenvalue weighted by Gasteiger charge is -2.34. The van der Waals surface area contributed by atoms with Crippen molar-refractivity contribution in [3.63, 3.8) is 0 Å². The van der Waals surface area contributed by atoms with Crippen molar-refractivity contribution >= 4 is 5.91 Å². The third kappa shape index (κ3) is 3.32. The third-order valence-corrected chi connectivity index (χ3v) is 5.73. The molecule has 4 atom stereocenters. The summed E-state index contributed by atoms with van der Waals surface area (Å²) in [7, 11) is 0. The number of amides is 1. The number of rotatable bonds is 2. The number of nitrogens with zero attached hydrogens (tertiary/aromatic N) is 4. The second-order valence-electron chi connectivity index (χ2n) is 7.44. The van der Waals surface area contributed by atoms with Gasteiger partial charge in [0, 0.05) is 13.1 Å². The van der Waals surface area contributed by atoms with E-state index in [1.807, 2.05) is 0 Å². The maximum absolute atomic E-state index is 12.8. The maximum Gasteiger partial charge on any atom is 0.416 e. The van der Waals surface area contributed by atoms with Crippen molar-refractivity contribution in [1.82, 2.24) is 19.7 Å². The molecular weight excluding hydrogens is 377 g/mol. The summed E-state index contributed by atoms with van der Waals surface area (Å²) >= 11 is 0. The highest BCUT2D eigenvalue weighted by molar-refractivity contribution is 5.97. The Morgan fingerprint density at radius 3 is 2.50 bits per heavy atom. The molecule has 2 N–H and O–H groups in total. The molecule has 0 unspecified atom stereocenters. The van der Waals surface area contributed by atoms with Gasteiger partial charge in [0.15, 0.2) is 0 Å². The molecule has 1 aliphatic carbocycles. The SMILES string of the molecule is O=C(c1ccc(C(F)(F)F)cc1O)N1C[C@H]2C[C@@H](n3cncn3)[C@H](O)C[C@H]2C1. The lowest BCUT2D eigenvalue weighted by atomic mass is 9.77. The fourth-order valence-electron chi connectivity index (χ4n) is 4.31. The van der Waals surface area contributed by atoms with Crippen LogP contribution < -0.4 is 0 Å². The number of fused-ring (bicyclic) bond motifs is 1. The number of aromatic hydroxyl groups is 1. The number of aromatic nitrogens is 3. The topological polar surface area (TPSA) is 91.5 Å². The summed E-state index contributed by atoms with van der Waals surface area (Å²) in [4.78, 5) is 18.2. The van der Waals surface area contributed by atoms with Gasteiger partial charge in [-0.1, -0.05) is 0 Å². The molecule has 1 aromatic heterocycles.